The highest BCUT2D eigenvalue weighted by Gasteiger charge is 2.38. The first kappa shape index (κ1) is 16.2. The van der Waals surface area contributed by atoms with E-state index >= 15 is 0 Å². The van der Waals surface area contributed by atoms with Crippen molar-refractivity contribution in [1.29, 1.82) is 5.26 Å². The number of hydrogen-bond acceptors (Lipinski definition) is 4. The SMILES string of the molecule is CN(Cc1ccc(C#N)cc1)C(=O)[C@@H]1CCO[C@H]1c1nccn1C. The zero-order valence-corrected chi connectivity index (χ0v) is 13.8. The van der Waals surface area contributed by atoms with Crippen LogP contribution in [0.2, 0.25) is 0 Å². The van der Waals surface area contributed by atoms with Gasteiger partial charge in [-0.3, -0.25) is 4.79 Å². The number of ether oxygens (including phenoxy) is 1. The molecule has 1 saturated heterocycles. The van der Waals surface area contributed by atoms with Gasteiger partial charge in [0.1, 0.15) is 11.9 Å². The molecule has 1 aliphatic rings. The molecule has 0 unspecified atom stereocenters. The fraction of sp³-hybridized carbons (Fsp3) is 0.389. The van der Waals surface area contributed by atoms with Crippen molar-refractivity contribution in [1.82, 2.24) is 14.5 Å². The molecule has 6 heteroatoms. The zero-order chi connectivity index (χ0) is 17.1. The van der Waals surface area contributed by atoms with Crippen molar-refractivity contribution in [2.75, 3.05) is 13.7 Å². The molecule has 0 saturated carbocycles. The fourth-order valence-corrected chi connectivity index (χ4v) is 3.07. The van der Waals surface area contributed by atoms with Crippen LogP contribution in [0.15, 0.2) is 36.7 Å². The van der Waals surface area contributed by atoms with E-state index in [2.05, 4.69) is 11.1 Å². The largest absolute Gasteiger partial charge is 0.369 e. The fourth-order valence-electron chi connectivity index (χ4n) is 3.07. The average molecular weight is 324 g/mol. The molecule has 2 aromatic rings. The minimum absolute atomic E-state index is 0.0601. The van der Waals surface area contributed by atoms with Gasteiger partial charge in [-0.2, -0.15) is 5.26 Å². The number of rotatable bonds is 4. The van der Waals surface area contributed by atoms with Gasteiger partial charge in [0.15, 0.2) is 0 Å². The maximum absolute atomic E-state index is 12.8. The Hall–Kier alpha value is -2.65. The summed E-state index contributed by atoms with van der Waals surface area (Å²) in [6, 6.07) is 9.39. The van der Waals surface area contributed by atoms with E-state index in [-0.39, 0.29) is 17.9 Å². The summed E-state index contributed by atoms with van der Waals surface area (Å²) >= 11 is 0. The third-order valence-electron chi connectivity index (χ3n) is 4.40. The number of aromatic nitrogens is 2. The summed E-state index contributed by atoms with van der Waals surface area (Å²) in [4.78, 5) is 18.9. The normalized spacial score (nSPS) is 19.9. The summed E-state index contributed by atoms with van der Waals surface area (Å²) in [7, 11) is 3.71. The molecule has 2 atom stereocenters. The standard InChI is InChI=1S/C18H20N4O2/c1-21-9-8-20-17(21)16-15(7-10-24-16)18(23)22(2)12-14-5-3-13(11-19)4-6-14/h3-6,8-9,15-16H,7,10,12H2,1-2H3/t15-,16-/m1/s1. The first-order valence-electron chi connectivity index (χ1n) is 7.93. The van der Waals surface area contributed by atoms with Crippen LogP contribution in [0, 0.1) is 17.2 Å². The molecule has 6 nitrogen and oxygen atoms in total. The van der Waals surface area contributed by atoms with Gasteiger partial charge in [0.05, 0.1) is 17.6 Å². The van der Waals surface area contributed by atoms with Crippen molar-refractivity contribution >= 4 is 5.91 Å². The van der Waals surface area contributed by atoms with Gasteiger partial charge in [0.25, 0.3) is 0 Å². The molecule has 1 aromatic heterocycles. The maximum atomic E-state index is 12.8. The molecule has 0 aliphatic carbocycles. The van der Waals surface area contributed by atoms with E-state index in [1.807, 2.05) is 29.9 Å². The van der Waals surface area contributed by atoms with E-state index in [1.165, 1.54) is 0 Å². The molecule has 2 heterocycles. The summed E-state index contributed by atoms with van der Waals surface area (Å²) < 4.78 is 7.68. The minimum atomic E-state index is -0.291. The van der Waals surface area contributed by atoms with Crippen LogP contribution in [-0.2, 0) is 23.1 Å². The van der Waals surface area contributed by atoms with E-state index in [1.54, 1.807) is 30.3 Å². The van der Waals surface area contributed by atoms with Gasteiger partial charge in [-0.1, -0.05) is 12.1 Å². The molecule has 1 aliphatic heterocycles. The van der Waals surface area contributed by atoms with Gasteiger partial charge < -0.3 is 14.2 Å². The number of carbonyl (C=O) groups is 1. The minimum Gasteiger partial charge on any atom is -0.369 e. The summed E-state index contributed by atoms with van der Waals surface area (Å²) in [5.74, 6) is 0.636. The van der Waals surface area contributed by atoms with Gasteiger partial charge >= 0.3 is 0 Å². The number of imidazole rings is 1. The van der Waals surface area contributed by atoms with Crippen LogP contribution in [0.5, 0.6) is 0 Å². The Kier molecular flexibility index (Phi) is 4.63. The molecule has 1 aromatic carbocycles. The monoisotopic (exact) mass is 324 g/mol. The third kappa shape index (κ3) is 3.17. The summed E-state index contributed by atoms with van der Waals surface area (Å²) in [5.41, 5.74) is 1.61. The number of aryl methyl sites for hydroxylation is 1. The van der Waals surface area contributed by atoms with Crippen LogP contribution in [-0.4, -0.2) is 34.0 Å². The quantitative estimate of drug-likeness (QED) is 0.863. The first-order chi connectivity index (χ1) is 11.6. The molecule has 0 radical (unpaired) electrons. The Balaban J connectivity index is 1.70. The lowest BCUT2D eigenvalue weighted by Gasteiger charge is -2.24. The number of hydrogen-bond donors (Lipinski definition) is 0. The summed E-state index contributed by atoms with van der Waals surface area (Å²) in [6.45, 7) is 1.08. The van der Waals surface area contributed by atoms with Crippen molar-refractivity contribution in [3.05, 3.63) is 53.6 Å². The molecule has 0 bridgehead atoms. The zero-order valence-electron chi connectivity index (χ0n) is 13.8. The van der Waals surface area contributed by atoms with Crippen molar-refractivity contribution in [2.24, 2.45) is 13.0 Å². The Morgan fingerprint density at radius 3 is 2.83 bits per heavy atom. The van der Waals surface area contributed by atoms with E-state index < -0.39 is 0 Å². The molecule has 1 amide bonds. The molecule has 3 rings (SSSR count). The lowest BCUT2D eigenvalue weighted by molar-refractivity contribution is -0.136. The van der Waals surface area contributed by atoms with Crippen molar-refractivity contribution < 1.29 is 9.53 Å². The van der Waals surface area contributed by atoms with E-state index in [9.17, 15) is 4.79 Å². The topological polar surface area (TPSA) is 71.2 Å². The molecule has 0 spiro atoms. The predicted octanol–water partition coefficient (Wildman–Crippen LogP) is 2.03. The number of nitrogens with zero attached hydrogens (tertiary/aromatic N) is 4. The molecule has 1 fully saturated rings. The first-order valence-corrected chi connectivity index (χ1v) is 7.93. The Labute approximate surface area is 141 Å². The third-order valence-corrected chi connectivity index (χ3v) is 4.40. The number of nitriles is 1. The average Bonchev–Trinajstić information content (AvgIpc) is 3.23. The van der Waals surface area contributed by atoms with Crippen LogP contribution in [0.1, 0.15) is 29.5 Å². The molecular formula is C18H20N4O2. The highest BCUT2D eigenvalue weighted by Crippen LogP contribution is 2.34. The van der Waals surface area contributed by atoms with Gasteiger partial charge in [-0.25, -0.2) is 4.98 Å². The second-order valence-electron chi connectivity index (χ2n) is 6.09. The second kappa shape index (κ2) is 6.85. The second-order valence-corrected chi connectivity index (χ2v) is 6.09. The highest BCUT2D eigenvalue weighted by molar-refractivity contribution is 5.79. The van der Waals surface area contributed by atoms with Crippen LogP contribution >= 0.6 is 0 Å². The van der Waals surface area contributed by atoms with E-state index in [0.717, 1.165) is 11.4 Å². The van der Waals surface area contributed by atoms with E-state index in [0.29, 0.717) is 25.1 Å². The molecular weight excluding hydrogens is 304 g/mol. The summed E-state index contributed by atoms with van der Waals surface area (Å²) in [6.07, 6.45) is 3.99. The Morgan fingerprint density at radius 1 is 1.46 bits per heavy atom. The number of amides is 1. The van der Waals surface area contributed by atoms with Crippen molar-refractivity contribution in [2.45, 2.75) is 19.1 Å². The van der Waals surface area contributed by atoms with Crippen molar-refractivity contribution in [3.8, 4) is 6.07 Å². The Bertz CT molecular complexity index is 760. The lowest BCUT2D eigenvalue weighted by Crippen LogP contribution is -2.34. The maximum Gasteiger partial charge on any atom is 0.228 e. The van der Waals surface area contributed by atoms with Gasteiger partial charge in [-0.15, -0.1) is 0 Å². The van der Waals surface area contributed by atoms with Crippen LogP contribution in [0.3, 0.4) is 0 Å². The van der Waals surface area contributed by atoms with Crippen LogP contribution in [0.25, 0.3) is 0 Å². The smallest absolute Gasteiger partial charge is 0.228 e. The predicted molar refractivity (Wildman–Crippen MR) is 87.6 cm³/mol. The van der Waals surface area contributed by atoms with E-state index in [4.69, 9.17) is 10.00 Å². The molecule has 24 heavy (non-hydrogen) atoms. The van der Waals surface area contributed by atoms with Gasteiger partial charge in [-0.05, 0) is 24.1 Å². The molecule has 0 N–H and O–H groups in total. The Morgan fingerprint density at radius 2 is 2.21 bits per heavy atom. The van der Waals surface area contributed by atoms with Crippen molar-refractivity contribution in [3.63, 3.8) is 0 Å². The van der Waals surface area contributed by atoms with Gasteiger partial charge in [0.2, 0.25) is 5.91 Å². The lowest BCUT2D eigenvalue weighted by atomic mass is 9.99. The number of benzene rings is 1. The molecule has 124 valence electrons. The van der Waals surface area contributed by atoms with Crippen LogP contribution in [0.4, 0.5) is 0 Å². The highest BCUT2D eigenvalue weighted by atomic mass is 16.5. The van der Waals surface area contributed by atoms with Gasteiger partial charge in [0, 0.05) is 39.6 Å². The summed E-state index contributed by atoms with van der Waals surface area (Å²) in [5, 5.41) is 8.85. The van der Waals surface area contributed by atoms with Crippen LogP contribution < -0.4 is 0 Å². The number of carbonyl (C=O) groups excluding carboxylic acids is 1.